The van der Waals surface area contributed by atoms with Gasteiger partial charge in [-0.2, -0.15) is 0 Å². The highest BCUT2D eigenvalue weighted by Crippen LogP contribution is 2.75. The van der Waals surface area contributed by atoms with Gasteiger partial charge in [0.05, 0.1) is 24.7 Å². The van der Waals surface area contributed by atoms with Crippen LogP contribution in [0, 0.1) is 50.2 Å². The maximum absolute atomic E-state index is 14.3. The maximum atomic E-state index is 14.3. The largest absolute Gasteiger partial charge is 0.432 e. The van der Waals surface area contributed by atoms with Gasteiger partial charge in [-0.05, 0) is 78.4 Å². The number of esters is 1. The lowest BCUT2D eigenvalue weighted by Crippen LogP contribution is -2.71. The number of fused-ring (bicyclic) bond motifs is 7. The normalized spacial score (nSPS) is 54.1. The summed E-state index contributed by atoms with van der Waals surface area (Å²) in [5.41, 5.74) is -2.32. The fourth-order valence-electron chi connectivity index (χ4n) is 11.8. The van der Waals surface area contributed by atoms with Crippen LogP contribution < -0.4 is 0 Å². The number of ketones is 1. The molecule has 0 aromatic rings. The van der Waals surface area contributed by atoms with Crippen LogP contribution in [0.2, 0.25) is 0 Å². The molecule has 0 bridgehead atoms. The van der Waals surface area contributed by atoms with Gasteiger partial charge in [-0.1, -0.05) is 53.2 Å². The molecule has 0 unspecified atom stereocenters. The molecule has 6 rings (SSSR count). The molecule has 45 heavy (non-hydrogen) atoms. The lowest BCUT2D eigenvalue weighted by molar-refractivity contribution is -0.271. The van der Waals surface area contributed by atoms with Crippen molar-refractivity contribution < 1.29 is 49.7 Å². The second kappa shape index (κ2) is 10.5. The lowest BCUT2D eigenvalue weighted by atomic mass is 9.33. The van der Waals surface area contributed by atoms with E-state index in [4.69, 9.17) is 9.47 Å². The second-order valence-electron chi connectivity index (χ2n) is 17.4. The number of ether oxygens (including phenoxy) is 2. The van der Waals surface area contributed by atoms with E-state index in [1.807, 2.05) is 0 Å². The Morgan fingerprint density at radius 1 is 0.933 bits per heavy atom. The molecule has 1 aliphatic heterocycles. The molecule has 254 valence electrons. The minimum absolute atomic E-state index is 0.00392. The van der Waals surface area contributed by atoms with Gasteiger partial charge in [-0.15, -0.1) is 0 Å². The highest BCUT2D eigenvalue weighted by Gasteiger charge is 2.72. The van der Waals surface area contributed by atoms with Crippen LogP contribution in [0.4, 0.5) is 0 Å². The molecule has 0 spiro atoms. The Kier molecular flexibility index (Phi) is 7.85. The summed E-state index contributed by atoms with van der Waals surface area (Å²) in [5, 5.41) is 64.1. The van der Waals surface area contributed by atoms with E-state index in [0.717, 1.165) is 12.8 Å². The summed E-state index contributed by atoms with van der Waals surface area (Å²) in [6.45, 7) is 12.1. The number of carbonyl (C=O) groups is 2. The highest BCUT2D eigenvalue weighted by molar-refractivity contribution is 5.86. The Morgan fingerprint density at radius 2 is 1.60 bits per heavy atom. The number of aliphatic hydroxyl groups excluding tert-OH is 6. The Morgan fingerprint density at radius 3 is 2.27 bits per heavy atom. The topological polar surface area (TPSA) is 174 Å². The molecule has 0 aromatic carbocycles. The predicted octanol–water partition coefficient (Wildman–Crippen LogP) is 2.25. The van der Waals surface area contributed by atoms with Crippen molar-refractivity contribution in [2.75, 3.05) is 13.2 Å². The van der Waals surface area contributed by atoms with Gasteiger partial charge in [-0.25, -0.2) is 0 Å². The van der Waals surface area contributed by atoms with Crippen LogP contribution >= 0.6 is 0 Å². The van der Waals surface area contributed by atoms with E-state index >= 15 is 0 Å². The molecule has 6 N–H and O–H groups in total. The first-order valence-corrected chi connectivity index (χ1v) is 16.9. The van der Waals surface area contributed by atoms with Crippen molar-refractivity contribution in [3.05, 3.63) is 11.6 Å². The molecule has 10 heteroatoms. The van der Waals surface area contributed by atoms with E-state index in [-0.39, 0.29) is 36.1 Å². The van der Waals surface area contributed by atoms with Crippen LogP contribution in [0.3, 0.4) is 0 Å². The Hall–Kier alpha value is -1.40. The van der Waals surface area contributed by atoms with Gasteiger partial charge in [0.15, 0.2) is 5.78 Å². The summed E-state index contributed by atoms with van der Waals surface area (Å²) >= 11 is 0. The SMILES string of the molecule is CC1(C)CC[C@]2(C(=O)O[C@H]3OC[C@@H](O)[C@H](O)[C@@H]3O)CC[C@]3(C)C(=CC[C@@H]4[C@@]5(C)CC(=O)[C@H](O)[C@@](C)(CO)[C@@H]5[C@H](O)C[C@]43C)[C@@H]2C1. The van der Waals surface area contributed by atoms with Crippen molar-refractivity contribution in [3.8, 4) is 0 Å². The first-order valence-electron chi connectivity index (χ1n) is 16.9. The number of hydrogen-bond acceptors (Lipinski definition) is 10. The van der Waals surface area contributed by atoms with Gasteiger partial charge in [0.25, 0.3) is 0 Å². The smallest absolute Gasteiger partial charge is 0.315 e. The molecule has 0 amide bonds. The van der Waals surface area contributed by atoms with Gasteiger partial charge >= 0.3 is 5.97 Å². The van der Waals surface area contributed by atoms with Crippen LogP contribution in [-0.4, -0.2) is 92.4 Å². The van der Waals surface area contributed by atoms with Gasteiger partial charge in [0.1, 0.15) is 24.4 Å². The van der Waals surface area contributed by atoms with Gasteiger partial charge in [0, 0.05) is 17.8 Å². The maximum Gasteiger partial charge on any atom is 0.315 e. The van der Waals surface area contributed by atoms with Crippen molar-refractivity contribution >= 4 is 11.8 Å². The van der Waals surface area contributed by atoms with Crippen LogP contribution in [0.1, 0.15) is 92.9 Å². The number of allylic oxidation sites excluding steroid dienone is 2. The highest BCUT2D eigenvalue weighted by atomic mass is 16.7. The van der Waals surface area contributed by atoms with Crippen molar-refractivity contribution in [2.24, 2.45) is 50.2 Å². The standard InChI is InChI=1S/C35H54O10/c1-30(2)9-11-35(29(43)45-28-25(41)24(40)22(39)16-44-28)12-10-33(5)18(19(35)13-30)7-8-23-31(3)14-21(38)27(42)32(4,17-36)26(31)20(37)15-34(23,33)6/h7,19-20,22-28,36-37,39-42H,8-17H2,1-6H3/t19-,20+,22+,23+,24-,25-,26+,27-,28+,31+,32-,33+,34+,35-/m0/s1. The van der Waals surface area contributed by atoms with Crippen LogP contribution in [0.15, 0.2) is 11.6 Å². The molecule has 14 atom stereocenters. The molecule has 6 aliphatic rings. The third-order valence-corrected chi connectivity index (χ3v) is 14.5. The summed E-state index contributed by atoms with van der Waals surface area (Å²) in [6.07, 6.45) is -0.914. The third-order valence-electron chi connectivity index (χ3n) is 14.5. The molecule has 0 radical (unpaired) electrons. The summed E-state index contributed by atoms with van der Waals surface area (Å²) in [5.74, 6) is -1.34. The fourth-order valence-corrected chi connectivity index (χ4v) is 11.8. The summed E-state index contributed by atoms with van der Waals surface area (Å²) in [7, 11) is 0. The number of carbonyl (C=O) groups excluding carboxylic acids is 2. The van der Waals surface area contributed by atoms with Gasteiger partial charge < -0.3 is 40.1 Å². The van der Waals surface area contributed by atoms with Crippen LogP contribution in [-0.2, 0) is 19.1 Å². The molecule has 4 saturated carbocycles. The first-order chi connectivity index (χ1) is 20.8. The molecular weight excluding hydrogens is 580 g/mol. The van der Waals surface area contributed by atoms with Crippen molar-refractivity contribution in [1.29, 1.82) is 0 Å². The average Bonchev–Trinajstić information content (AvgIpc) is 2.96. The number of rotatable bonds is 3. The summed E-state index contributed by atoms with van der Waals surface area (Å²) in [6, 6.07) is 0. The zero-order valence-electron chi connectivity index (χ0n) is 27.7. The second-order valence-corrected chi connectivity index (χ2v) is 17.4. The fraction of sp³-hybridized carbons (Fsp3) is 0.886. The van der Waals surface area contributed by atoms with Crippen molar-refractivity contribution in [1.82, 2.24) is 0 Å². The molecule has 10 nitrogen and oxygen atoms in total. The molecule has 5 fully saturated rings. The quantitative estimate of drug-likeness (QED) is 0.200. The number of hydrogen-bond donors (Lipinski definition) is 6. The molecular formula is C35H54O10. The van der Waals surface area contributed by atoms with Gasteiger partial charge in [0.2, 0.25) is 6.29 Å². The number of aliphatic hydroxyl groups is 6. The minimum atomic E-state index is -1.56. The Labute approximate surface area is 266 Å². The van der Waals surface area contributed by atoms with E-state index in [0.29, 0.717) is 32.1 Å². The first kappa shape index (κ1) is 33.5. The van der Waals surface area contributed by atoms with E-state index in [1.165, 1.54) is 5.57 Å². The summed E-state index contributed by atoms with van der Waals surface area (Å²) in [4.78, 5) is 27.6. The summed E-state index contributed by atoms with van der Waals surface area (Å²) < 4.78 is 11.3. The van der Waals surface area contributed by atoms with Crippen molar-refractivity contribution in [3.63, 3.8) is 0 Å². The van der Waals surface area contributed by atoms with Crippen molar-refractivity contribution in [2.45, 2.75) is 130 Å². The Balaban J connectivity index is 1.39. The zero-order chi connectivity index (χ0) is 33.1. The van der Waals surface area contributed by atoms with E-state index in [9.17, 15) is 40.2 Å². The van der Waals surface area contributed by atoms with E-state index < -0.39 is 82.4 Å². The van der Waals surface area contributed by atoms with Crippen LogP contribution in [0.25, 0.3) is 0 Å². The van der Waals surface area contributed by atoms with Gasteiger partial charge in [-0.3, -0.25) is 9.59 Å². The predicted molar refractivity (Wildman–Crippen MR) is 162 cm³/mol. The Bertz CT molecular complexity index is 1260. The monoisotopic (exact) mass is 634 g/mol. The molecule has 5 aliphatic carbocycles. The lowest BCUT2D eigenvalue weighted by Gasteiger charge is -2.71. The van der Waals surface area contributed by atoms with E-state index in [1.54, 1.807) is 6.92 Å². The third kappa shape index (κ3) is 4.45. The molecule has 0 aromatic heterocycles. The van der Waals surface area contributed by atoms with Crippen LogP contribution in [0.5, 0.6) is 0 Å². The minimum Gasteiger partial charge on any atom is -0.432 e. The zero-order valence-corrected chi connectivity index (χ0v) is 27.7. The molecule has 1 saturated heterocycles. The average molecular weight is 635 g/mol. The number of Topliss-reactive ketones (excluding diaryl/α,β-unsaturated/α-hetero) is 1. The molecule has 1 heterocycles. The van der Waals surface area contributed by atoms with E-state index in [2.05, 4.69) is 40.7 Å².